The number of nitrogens with one attached hydrogen (secondary N) is 2. The van der Waals surface area contributed by atoms with E-state index < -0.39 is 16.9 Å². The van der Waals surface area contributed by atoms with Crippen molar-refractivity contribution in [3.63, 3.8) is 0 Å². The summed E-state index contributed by atoms with van der Waals surface area (Å²) in [4.78, 5) is 42.1. The highest BCUT2D eigenvalue weighted by Gasteiger charge is 2.24. The predicted molar refractivity (Wildman–Crippen MR) is 132 cm³/mol. The third-order valence-electron chi connectivity index (χ3n) is 5.60. The maximum atomic E-state index is 13.0. The maximum Gasteiger partial charge on any atom is 0.404 e. The van der Waals surface area contributed by atoms with E-state index in [0.717, 1.165) is 29.3 Å². The molecule has 1 unspecified atom stereocenters. The molecule has 0 spiro atoms. The van der Waals surface area contributed by atoms with Crippen LogP contribution in [0.1, 0.15) is 29.8 Å². The van der Waals surface area contributed by atoms with E-state index in [0.29, 0.717) is 30.9 Å². The first-order valence-electron chi connectivity index (χ1n) is 10.7. The molecule has 10 nitrogen and oxygen atoms in total. The first kappa shape index (κ1) is 23.6. The number of nitro benzene ring substituents is 1. The number of amides is 2. The molecule has 2 amide bonds. The molecule has 1 aliphatic rings. The zero-order valence-corrected chi connectivity index (χ0v) is 19.7. The van der Waals surface area contributed by atoms with E-state index in [4.69, 9.17) is 5.11 Å². The molecule has 1 aliphatic heterocycles. The molecule has 0 saturated carbocycles. The Hall–Kier alpha value is -3.51. The van der Waals surface area contributed by atoms with Crippen molar-refractivity contribution in [2.75, 3.05) is 29.9 Å². The van der Waals surface area contributed by atoms with Gasteiger partial charge in [-0.05, 0) is 42.7 Å². The number of nitro groups is 1. The highest BCUT2D eigenvalue weighted by Crippen LogP contribution is 2.34. The molecule has 12 heteroatoms. The number of anilines is 2. The molecule has 1 saturated heterocycles. The molecule has 4 rings (SSSR count). The normalized spacial score (nSPS) is 15.6. The van der Waals surface area contributed by atoms with Crippen molar-refractivity contribution < 1.29 is 19.6 Å². The molecule has 2 aromatic heterocycles. The molecule has 1 fully saturated rings. The Labute approximate surface area is 203 Å². The van der Waals surface area contributed by atoms with Crippen LogP contribution in [0.15, 0.2) is 41.1 Å². The van der Waals surface area contributed by atoms with Crippen LogP contribution in [-0.4, -0.2) is 46.6 Å². The summed E-state index contributed by atoms with van der Waals surface area (Å²) in [7, 11) is 0. The van der Waals surface area contributed by atoms with E-state index in [9.17, 15) is 19.7 Å². The van der Waals surface area contributed by atoms with Gasteiger partial charge in [0.25, 0.3) is 11.6 Å². The smallest absolute Gasteiger partial charge is 0.404 e. The number of hydrogen-bond donors (Lipinski definition) is 3. The van der Waals surface area contributed by atoms with Crippen molar-refractivity contribution in [2.24, 2.45) is 5.92 Å². The van der Waals surface area contributed by atoms with Crippen LogP contribution in [-0.2, 0) is 0 Å². The van der Waals surface area contributed by atoms with Crippen LogP contribution < -0.4 is 15.5 Å². The van der Waals surface area contributed by atoms with Crippen molar-refractivity contribution in [3.8, 4) is 9.88 Å². The van der Waals surface area contributed by atoms with Gasteiger partial charge in [-0.1, -0.05) is 6.07 Å². The number of non-ortho nitro benzene ring substituents is 1. The van der Waals surface area contributed by atoms with Gasteiger partial charge in [0.05, 0.1) is 21.2 Å². The number of carboxylic acid groups (broad SMARTS) is 1. The Morgan fingerprint density at radius 3 is 2.88 bits per heavy atom. The van der Waals surface area contributed by atoms with Crippen LogP contribution in [0.2, 0.25) is 0 Å². The molecule has 3 heterocycles. The molecule has 1 aromatic carbocycles. The summed E-state index contributed by atoms with van der Waals surface area (Å²) in [5.74, 6) is -0.161. The molecule has 0 radical (unpaired) electrons. The van der Waals surface area contributed by atoms with E-state index in [1.165, 1.54) is 34.8 Å². The summed E-state index contributed by atoms with van der Waals surface area (Å²) in [6, 6.07) is 8.31. The van der Waals surface area contributed by atoms with Crippen molar-refractivity contribution in [3.05, 3.63) is 56.9 Å². The number of nitrogens with zero attached hydrogens (tertiary/aromatic N) is 3. The number of carbonyl (C=O) groups is 2. The standard InChI is InChI=1S/C22H23N5O5S2/c28-20(17-13-34-21(25-17)19-4-2-10-33-19)24-16-11-15(27(31)32)5-6-18(16)26-9-1-3-14(12-26)7-8-23-22(29)30/h2,4-6,10-11,13-14,23H,1,3,7-9,12H2,(H,24,28)(H,29,30). The van der Waals surface area contributed by atoms with Gasteiger partial charge in [0.2, 0.25) is 0 Å². The fraction of sp³-hybridized carbons (Fsp3) is 0.318. The Morgan fingerprint density at radius 1 is 1.29 bits per heavy atom. The predicted octanol–water partition coefficient (Wildman–Crippen LogP) is 4.91. The Bertz CT molecular complexity index is 1180. The topological polar surface area (TPSA) is 138 Å². The van der Waals surface area contributed by atoms with E-state index in [1.54, 1.807) is 11.4 Å². The summed E-state index contributed by atoms with van der Waals surface area (Å²) in [5, 5.41) is 29.7. The molecule has 178 valence electrons. The number of thiazole rings is 1. The highest BCUT2D eigenvalue weighted by molar-refractivity contribution is 7.20. The van der Waals surface area contributed by atoms with Gasteiger partial charge in [-0.25, -0.2) is 9.78 Å². The van der Waals surface area contributed by atoms with Gasteiger partial charge in [0.15, 0.2) is 0 Å². The zero-order valence-electron chi connectivity index (χ0n) is 18.1. The van der Waals surface area contributed by atoms with Crippen LogP contribution in [0.5, 0.6) is 0 Å². The minimum absolute atomic E-state index is 0.115. The number of hydrogen-bond acceptors (Lipinski definition) is 8. The van der Waals surface area contributed by atoms with Crippen molar-refractivity contribution >= 4 is 51.7 Å². The lowest BCUT2D eigenvalue weighted by molar-refractivity contribution is -0.384. The molecular formula is C22H23N5O5S2. The molecule has 3 aromatic rings. The minimum atomic E-state index is -1.04. The molecule has 3 N–H and O–H groups in total. The van der Waals surface area contributed by atoms with Crippen molar-refractivity contribution in [2.45, 2.75) is 19.3 Å². The zero-order chi connectivity index (χ0) is 24.1. The second-order valence-electron chi connectivity index (χ2n) is 7.90. The fourth-order valence-electron chi connectivity index (χ4n) is 3.99. The van der Waals surface area contributed by atoms with Crippen LogP contribution in [0.25, 0.3) is 9.88 Å². The van der Waals surface area contributed by atoms with Gasteiger partial charge in [-0.3, -0.25) is 14.9 Å². The van der Waals surface area contributed by atoms with Crippen LogP contribution >= 0.6 is 22.7 Å². The number of benzene rings is 1. The summed E-state index contributed by atoms with van der Waals surface area (Å²) in [6.07, 6.45) is 1.52. The maximum absolute atomic E-state index is 13.0. The minimum Gasteiger partial charge on any atom is -0.465 e. The Kier molecular flexibility index (Phi) is 7.38. The lowest BCUT2D eigenvalue weighted by Gasteiger charge is -2.35. The van der Waals surface area contributed by atoms with Gasteiger partial charge in [0, 0.05) is 37.1 Å². The van der Waals surface area contributed by atoms with E-state index in [-0.39, 0.29) is 17.3 Å². The fourth-order valence-corrected chi connectivity index (χ4v) is 5.61. The average molecular weight is 502 g/mol. The third kappa shape index (κ3) is 5.69. The lowest BCUT2D eigenvalue weighted by atomic mass is 9.94. The molecule has 34 heavy (non-hydrogen) atoms. The first-order valence-corrected chi connectivity index (χ1v) is 12.5. The lowest BCUT2D eigenvalue weighted by Crippen LogP contribution is -2.37. The van der Waals surface area contributed by atoms with Gasteiger partial charge in [-0.2, -0.15) is 0 Å². The van der Waals surface area contributed by atoms with Gasteiger partial charge in [0.1, 0.15) is 10.7 Å². The molecule has 1 atom stereocenters. The summed E-state index contributed by atoms with van der Waals surface area (Å²) < 4.78 is 0. The quantitative estimate of drug-likeness (QED) is 0.295. The molecular weight excluding hydrogens is 478 g/mol. The van der Waals surface area contributed by atoms with Gasteiger partial charge >= 0.3 is 6.09 Å². The second-order valence-corrected chi connectivity index (χ2v) is 9.71. The highest BCUT2D eigenvalue weighted by atomic mass is 32.1. The molecule has 0 aliphatic carbocycles. The largest absolute Gasteiger partial charge is 0.465 e. The van der Waals surface area contributed by atoms with Crippen LogP contribution in [0.4, 0.5) is 21.9 Å². The number of aromatic nitrogens is 1. The monoisotopic (exact) mass is 501 g/mol. The van der Waals surface area contributed by atoms with Crippen molar-refractivity contribution in [1.82, 2.24) is 10.3 Å². The number of thiophene rings is 1. The van der Waals surface area contributed by atoms with Gasteiger partial charge < -0.3 is 20.6 Å². The summed E-state index contributed by atoms with van der Waals surface area (Å²) >= 11 is 2.90. The van der Waals surface area contributed by atoms with E-state index in [1.807, 2.05) is 17.5 Å². The average Bonchev–Trinajstić information content (AvgIpc) is 3.51. The first-order chi connectivity index (χ1) is 16.4. The SMILES string of the molecule is O=C(O)NCCC1CCCN(c2ccc([N+](=O)[O-])cc2NC(=O)c2csc(-c3cccs3)n2)C1. The van der Waals surface area contributed by atoms with E-state index in [2.05, 4.69) is 20.5 Å². The van der Waals surface area contributed by atoms with E-state index >= 15 is 0 Å². The third-order valence-corrected chi connectivity index (χ3v) is 7.48. The second kappa shape index (κ2) is 10.6. The number of piperidine rings is 1. The number of carbonyl (C=O) groups excluding carboxylic acids is 1. The van der Waals surface area contributed by atoms with Crippen LogP contribution in [0, 0.1) is 16.0 Å². The van der Waals surface area contributed by atoms with Crippen LogP contribution in [0.3, 0.4) is 0 Å². The molecule has 0 bridgehead atoms. The Morgan fingerprint density at radius 2 is 2.15 bits per heavy atom. The number of rotatable bonds is 8. The summed E-state index contributed by atoms with van der Waals surface area (Å²) in [6.45, 7) is 1.78. The van der Waals surface area contributed by atoms with Crippen molar-refractivity contribution in [1.29, 1.82) is 0 Å². The summed E-state index contributed by atoms with van der Waals surface area (Å²) in [5.41, 5.74) is 1.19. The Balaban J connectivity index is 1.53. The van der Waals surface area contributed by atoms with Gasteiger partial charge in [-0.15, -0.1) is 22.7 Å².